The van der Waals surface area contributed by atoms with Gasteiger partial charge in [0.1, 0.15) is 22.8 Å². The average molecular weight is 606 g/mol. The van der Waals surface area contributed by atoms with E-state index >= 15 is 0 Å². The molecule has 0 aromatic carbocycles. The van der Waals surface area contributed by atoms with E-state index < -0.39 is 22.6 Å². The summed E-state index contributed by atoms with van der Waals surface area (Å²) < 4.78 is 5.91. The van der Waals surface area contributed by atoms with E-state index in [2.05, 4.69) is 21.3 Å². The molecule has 0 aliphatic rings. The molecule has 4 aromatic heterocycles. The molecule has 0 unspecified atom stereocenters. The van der Waals surface area contributed by atoms with Crippen molar-refractivity contribution in [2.45, 2.75) is 6.42 Å². The molecule has 0 aliphatic carbocycles. The molecule has 0 radical (unpaired) electrons. The van der Waals surface area contributed by atoms with Crippen molar-refractivity contribution in [3.05, 3.63) is 81.9 Å². The van der Waals surface area contributed by atoms with Crippen LogP contribution in [-0.4, -0.2) is 59.2 Å². The Morgan fingerprint density at radius 2 is 1.07 bits per heavy atom. The predicted octanol–water partition coefficient (Wildman–Crippen LogP) is 1.76. The van der Waals surface area contributed by atoms with Crippen LogP contribution in [0.15, 0.2) is 49.1 Å². The largest absolute Gasteiger partial charge is 0.388 e. The lowest BCUT2D eigenvalue weighted by Gasteiger charge is -2.04. The van der Waals surface area contributed by atoms with Crippen LogP contribution in [0.1, 0.15) is 48.4 Å². The normalized spacial score (nSPS) is 10.7. The van der Waals surface area contributed by atoms with Gasteiger partial charge in [0.2, 0.25) is 0 Å². The van der Waals surface area contributed by atoms with Gasteiger partial charge in [0, 0.05) is 65.8 Å². The highest BCUT2D eigenvalue weighted by Crippen LogP contribution is 2.21. The number of nitrogens with two attached hydrogens (primary N) is 1. The Kier molecular flexibility index (Phi) is 8.68. The smallest absolute Gasteiger partial charge is 0.287 e. The lowest BCUT2D eigenvalue weighted by atomic mass is 10.3. The van der Waals surface area contributed by atoms with Gasteiger partial charge in [-0.3, -0.25) is 34.7 Å². The summed E-state index contributed by atoms with van der Waals surface area (Å²) in [5.41, 5.74) is 6.90. The Labute approximate surface area is 250 Å². The van der Waals surface area contributed by atoms with Crippen molar-refractivity contribution in [2.75, 3.05) is 22.5 Å². The number of carbonyl (C=O) groups is 4. The van der Waals surface area contributed by atoms with Crippen LogP contribution in [0, 0.1) is 15.5 Å². The fourth-order valence-corrected chi connectivity index (χ4v) is 4.44. The molecule has 0 spiro atoms. The quantitative estimate of drug-likeness (QED) is 0.0641. The molecule has 230 valence electrons. The van der Waals surface area contributed by atoms with Gasteiger partial charge in [0.15, 0.2) is 0 Å². The van der Waals surface area contributed by atoms with Gasteiger partial charge < -0.3 is 45.3 Å². The summed E-state index contributed by atoms with van der Waals surface area (Å²) in [4.78, 5) is 61.6. The third kappa shape index (κ3) is 6.84. The number of rotatable bonds is 11. The second-order valence-electron chi connectivity index (χ2n) is 10.0. The van der Waals surface area contributed by atoms with Crippen molar-refractivity contribution in [1.29, 1.82) is 5.41 Å². The summed E-state index contributed by atoms with van der Waals surface area (Å²) in [6, 6.07) is 5.60. The van der Waals surface area contributed by atoms with E-state index in [0.29, 0.717) is 22.8 Å². The first-order chi connectivity index (χ1) is 20.7. The number of aryl methyl sites for hydroxylation is 4. The Bertz CT molecular complexity index is 1810. The van der Waals surface area contributed by atoms with Gasteiger partial charge in [-0.25, -0.2) is 0 Å². The van der Waals surface area contributed by atoms with E-state index in [1.54, 1.807) is 38.1 Å². The van der Waals surface area contributed by atoms with Crippen LogP contribution in [0.5, 0.6) is 0 Å². The number of aromatic nitrogens is 4. The maximum absolute atomic E-state index is 13.0. The molecule has 0 saturated carbocycles. The van der Waals surface area contributed by atoms with Crippen LogP contribution >= 0.6 is 0 Å². The van der Waals surface area contributed by atoms with Crippen LogP contribution in [0.3, 0.4) is 0 Å². The zero-order valence-electron chi connectivity index (χ0n) is 24.3. The fourth-order valence-electron chi connectivity index (χ4n) is 4.44. The summed E-state index contributed by atoms with van der Waals surface area (Å²) in [5, 5.41) is 29.0. The van der Waals surface area contributed by atoms with E-state index in [0.717, 1.165) is 6.07 Å². The number of nitrogens with zero attached hydrogens (tertiary/aromatic N) is 5. The molecule has 0 saturated heterocycles. The molecule has 0 atom stereocenters. The van der Waals surface area contributed by atoms with Gasteiger partial charge in [-0.15, -0.1) is 0 Å². The zero-order chi connectivity index (χ0) is 32.3. The van der Waals surface area contributed by atoms with E-state index in [4.69, 9.17) is 11.1 Å². The second kappa shape index (κ2) is 12.4. The van der Waals surface area contributed by atoms with Crippen LogP contribution in [0.4, 0.5) is 22.7 Å². The fraction of sp³-hybridized carbons (Fsp3) is 0.222. The molecule has 0 fully saturated rings. The molecule has 17 heteroatoms. The van der Waals surface area contributed by atoms with Gasteiger partial charge >= 0.3 is 0 Å². The maximum atomic E-state index is 13.0. The third-order valence-electron chi connectivity index (χ3n) is 6.60. The standard InChI is InChI=1S/C27H31N11O6/c1-34-11-15(7-19(34)24(39)30-6-5-23(28)29)31-25(40)20-8-16(12-35(20)2)32-26(41)21-9-17(13-36(21)3)33-27(42)22-10-18(38(43)44)14-37(22)4/h7-14H,5-6H2,1-4H3,(H3,28,29)(H,30,39)(H,31,40)(H,32,41)(H,33,42). The second-order valence-corrected chi connectivity index (χ2v) is 10.0. The van der Waals surface area contributed by atoms with E-state index in [1.807, 2.05) is 0 Å². The highest BCUT2D eigenvalue weighted by molar-refractivity contribution is 6.08. The SMILES string of the molecule is Cn1cc(NC(=O)c2cc(NC(=O)c3cc(NC(=O)c4cc([N+](=O)[O-])cn4C)cn3C)cn2C)cc1C(=O)NCCC(=N)N. The first-order valence-corrected chi connectivity index (χ1v) is 13.1. The van der Waals surface area contributed by atoms with Crippen molar-refractivity contribution in [3.8, 4) is 0 Å². The Hall–Kier alpha value is -6.13. The maximum Gasteiger partial charge on any atom is 0.287 e. The molecule has 4 aromatic rings. The third-order valence-corrected chi connectivity index (χ3v) is 6.60. The number of carbonyl (C=O) groups excluding carboxylic acids is 4. The number of anilines is 3. The first kappa shape index (κ1) is 30.8. The van der Waals surface area contributed by atoms with Crippen molar-refractivity contribution in [2.24, 2.45) is 33.9 Å². The highest BCUT2D eigenvalue weighted by atomic mass is 16.6. The molecule has 44 heavy (non-hydrogen) atoms. The summed E-state index contributed by atoms with van der Waals surface area (Å²) in [5.74, 6) is -2.00. The van der Waals surface area contributed by atoms with Crippen molar-refractivity contribution in [3.63, 3.8) is 0 Å². The number of amides is 4. The number of hydrogen-bond acceptors (Lipinski definition) is 7. The Balaban J connectivity index is 1.40. The van der Waals surface area contributed by atoms with E-state index in [9.17, 15) is 29.3 Å². The summed E-state index contributed by atoms with van der Waals surface area (Å²) in [6.07, 6.45) is 6.10. The molecule has 7 N–H and O–H groups in total. The van der Waals surface area contributed by atoms with E-state index in [-0.39, 0.29) is 47.5 Å². The molecule has 4 heterocycles. The van der Waals surface area contributed by atoms with E-state index in [1.165, 1.54) is 51.3 Å². The lowest BCUT2D eigenvalue weighted by Crippen LogP contribution is -2.28. The minimum Gasteiger partial charge on any atom is -0.388 e. The Morgan fingerprint density at radius 1 is 0.705 bits per heavy atom. The van der Waals surface area contributed by atoms with Gasteiger partial charge in [-0.2, -0.15) is 0 Å². The number of nitro groups is 1. The first-order valence-electron chi connectivity index (χ1n) is 13.1. The van der Waals surface area contributed by atoms with Crippen LogP contribution < -0.4 is 27.0 Å². The van der Waals surface area contributed by atoms with Crippen molar-refractivity contribution >= 4 is 52.2 Å². The molecular weight excluding hydrogens is 574 g/mol. The van der Waals surface area contributed by atoms with Gasteiger partial charge in [0.05, 0.1) is 34.0 Å². The summed E-state index contributed by atoms with van der Waals surface area (Å²) in [6.45, 7) is 0.206. The van der Waals surface area contributed by atoms with Crippen molar-refractivity contribution < 1.29 is 24.1 Å². The van der Waals surface area contributed by atoms with Crippen LogP contribution in [0.2, 0.25) is 0 Å². The van der Waals surface area contributed by atoms with Crippen molar-refractivity contribution in [1.82, 2.24) is 23.6 Å². The molecular formula is C27H31N11O6. The number of nitrogens with one attached hydrogen (secondary N) is 5. The monoisotopic (exact) mass is 605 g/mol. The van der Waals surface area contributed by atoms with Crippen LogP contribution in [0.25, 0.3) is 0 Å². The van der Waals surface area contributed by atoms with Crippen LogP contribution in [-0.2, 0) is 28.2 Å². The molecule has 0 bridgehead atoms. The zero-order valence-corrected chi connectivity index (χ0v) is 24.3. The minimum atomic E-state index is -0.597. The number of amidine groups is 1. The van der Waals surface area contributed by atoms with Gasteiger partial charge in [-0.05, 0) is 18.2 Å². The van der Waals surface area contributed by atoms with Gasteiger partial charge in [-0.1, -0.05) is 0 Å². The minimum absolute atomic E-state index is 0.0411. The molecule has 4 rings (SSSR count). The number of hydrogen-bond donors (Lipinski definition) is 6. The molecule has 17 nitrogen and oxygen atoms in total. The lowest BCUT2D eigenvalue weighted by molar-refractivity contribution is -0.384. The van der Waals surface area contributed by atoms with Gasteiger partial charge in [0.25, 0.3) is 29.3 Å². The average Bonchev–Trinajstić information content (AvgIpc) is 3.69. The summed E-state index contributed by atoms with van der Waals surface area (Å²) in [7, 11) is 6.41. The molecule has 0 aliphatic heterocycles. The Morgan fingerprint density at radius 3 is 1.43 bits per heavy atom. The molecule has 4 amide bonds. The summed E-state index contributed by atoms with van der Waals surface area (Å²) >= 11 is 0. The predicted molar refractivity (Wildman–Crippen MR) is 161 cm³/mol. The highest BCUT2D eigenvalue weighted by Gasteiger charge is 2.21. The topological polar surface area (TPSA) is 229 Å².